The predicted octanol–water partition coefficient (Wildman–Crippen LogP) is 4.24. The van der Waals surface area contributed by atoms with Crippen LogP contribution in [0.4, 0.5) is 5.69 Å². The molecule has 0 radical (unpaired) electrons. The van der Waals surface area contributed by atoms with Gasteiger partial charge in [-0.25, -0.2) is 0 Å². The third kappa shape index (κ3) is 2.28. The first-order valence-corrected chi connectivity index (χ1v) is 8.98. The average Bonchev–Trinajstić information content (AvgIpc) is 2.92. The number of fused-ring (bicyclic) bond motifs is 5. The monoisotopic (exact) mass is 284 g/mol. The fourth-order valence-electron chi connectivity index (χ4n) is 5.13. The van der Waals surface area contributed by atoms with Crippen LogP contribution in [-0.2, 0) is 0 Å². The van der Waals surface area contributed by atoms with Crippen molar-refractivity contribution in [3.8, 4) is 0 Å². The van der Waals surface area contributed by atoms with Gasteiger partial charge in [0.05, 0.1) is 0 Å². The van der Waals surface area contributed by atoms with E-state index in [1.807, 2.05) is 0 Å². The summed E-state index contributed by atoms with van der Waals surface area (Å²) in [6.45, 7) is 4.97. The SMILES string of the molecule is CCCCN1CCCC2C3Nc4ccccc4C3CCC21. The highest BCUT2D eigenvalue weighted by Crippen LogP contribution is 2.49. The number of nitrogens with zero attached hydrogens (tertiary/aromatic N) is 1. The first kappa shape index (κ1) is 13.6. The summed E-state index contributed by atoms with van der Waals surface area (Å²) in [6.07, 6.45) is 8.29. The zero-order chi connectivity index (χ0) is 14.2. The highest BCUT2D eigenvalue weighted by Gasteiger charge is 2.46. The van der Waals surface area contributed by atoms with Gasteiger partial charge >= 0.3 is 0 Å². The van der Waals surface area contributed by atoms with Gasteiger partial charge in [0, 0.05) is 23.7 Å². The molecule has 1 aromatic carbocycles. The van der Waals surface area contributed by atoms with Gasteiger partial charge in [-0.2, -0.15) is 0 Å². The van der Waals surface area contributed by atoms with E-state index in [0.717, 1.165) is 17.9 Å². The molecule has 3 aliphatic rings. The number of nitrogens with one attached hydrogen (secondary N) is 1. The molecule has 2 heterocycles. The molecule has 2 nitrogen and oxygen atoms in total. The van der Waals surface area contributed by atoms with Crippen molar-refractivity contribution in [3.05, 3.63) is 29.8 Å². The summed E-state index contributed by atoms with van der Waals surface area (Å²) in [7, 11) is 0. The average molecular weight is 284 g/mol. The molecule has 0 amide bonds. The molecule has 4 atom stereocenters. The zero-order valence-corrected chi connectivity index (χ0v) is 13.2. The molecule has 1 saturated carbocycles. The van der Waals surface area contributed by atoms with E-state index in [0.29, 0.717) is 6.04 Å². The third-order valence-corrected chi connectivity index (χ3v) is 6.10. The number of para-hydroxylation sites is 1. The summed E-state index contributed by atoms with van der Waals surface area (Å²) in [6, 6.07) is 10.6. The molecular formula is C19H28N2. The summed E-state index contributed by atoms with van der Waals surface area (Å²) in [5, 5.41) is 3.89. The van der Waals surface area contributed by atoms with Gasteiger partial charge < -0.3 is 10.2 Å². The molecule has 2 fully saturated rings. The van der Waals surface area contributed by atoms with Crippen molar-refractivity contribution in [3.63, 3.8) is 0 Å². The topological polar surface area (TPSA) is 15.3 Å². The predicted molar refractivity (Wildman–Crippen MR) is 88.8 cm³/mol. The standard InChI is InChI=1S/C19H28N2/c1-2-3-12-21-13-6-8-16-18(21)11-10-15-14-7-4-5-9-17(14)20-19(15)16/h4-5,7,9,15-16,18-20H,2-3,6,8,10-13H2,1H3. The zero-order valence-electron chi connectivity index (χ0n) is 13.2. The lowest BCUT2D eigenvalue weighted by Crippen LogP contribution is -2.54. The van der Waals surface area contributed by atoms with Crippen LogP contribution in [0.3, 0.4) is 0 Å². The molecule has 0 bridgehead atoms. The van der Waals surface area contributed by atoms with Gasteiger partial charge in [-0.05, 0) is 62.7 Å². The number of rotatable bonds is 3. The van der Waals surface area contributed by atoms with Gasteiger partial charge in [0.15, 0.2) is 0 Å². The van der Waals surface area contributed by atoms with Crippen LogP contribution in [0.5, 0.6) is 0 Å². The second-order valence-corrected chi connectivity index (χ2v) is 7.20. The van der Waals surface area contributed by atoms with E-state index in [4.69, 9.17) is 0 Å². The van der Waals surface area contributed by atoms with Crippen LogP contribution in [0.25, 0.3) is 0 Å². The van der Waals surface area contributed by atoms with Crippen LogP contribution in [-0.4, -0.2) is 30.1 Å². The van der Waals surface area contributed by atoms with Crippen LogP contribution in [0.1, 0.15) is 56.9 Å². The minimum Gasteiger partial charge on any atom is -0.381 e. The minimum absolute atomic E-state index is 0.700. The molecule has 2 heteroatoms. The molecule has 21 heavy (non-hydrogen) atoms. The third-order valence-electron chi connectivity index (χ3n) is 6.10. The molecule has 1 aliphatic carbocycles. The number of benzene rings is 1. The van der Waals surface area contributed by atoms with Crippen molar-refractivity contribution in [1.29, 1.82) is 0 Å². The number of piperidine rings is 1. The summed E-state index contributed by atoms with van der Waals surface area (Å²) >= 11 is 0. The van der Waals surface area contributed by atoms with Crippen molar-refractivity contribution < 1.29 is 0 Å². The van der Waals surface area contributed by atoms with Crippen molar-refractivity contribution in [1.82, 2.24) is 4.90 Å². The van der Waals surface area contributed by atoms with Gasteiger partial charge in [-0.15, -0.1) is 0 Å². The van der Waals surface area contributed by atoms with Crippen molar-refractivity contribution in [2.24, 2.45) is 5.92 Å². The van der Waals surface area contributed by atoms with E-state index >= 15 is 0 Å². The minimum atomic E-state index is 0.700. The van der Waals surface area contributed by atoms with Crippen molar-refractivity contribution in [2.75, 3.05) is 18.4 Å². The second kappa shape index (κ2) is 5.64. The lowest BCUT2D eigenvalue weighted by Gasteiger charge is -2.49. The molecule has 1 aromatic rings. The number of anilines is 1. The van der Waals surface area contributed by atoms with Gasteiger partial charge in [-0.1, -0.05) is 31.5 Å². The van der Waals surface area contributed by atoms with Gasteiger partial charge in [0.1, 0.15) is 0 Å². The van der Waals surface area contributed by atoms with E-state index in [9.17, 15) is 0 Å². The van der Waals surface area contributed by atoms with Crippen LogP contribution in [0.15, 0.2) is 24.3 Å². The number of hydrogen-bond donors (Lipinski definition) is 1. The van der Waals surface area contributed by atoms with E-state index < -0.39 is 0 Å². The number of likely N-dealkylation sites (tertiary alicyclic amines) is 1. The Labute approximate surface area is 128 Å². The summed E-state index contributed by atoms with van der Waals surface area (Å²) < 4.78 is 0. The Morgan fingerprint density at radius 2 is 2.10 bits per heavy atom. The lowest BCUT2D eigenvalue weighted by atomic mass is 9.69. The Kier molecular flexibility index (Phi) is 3.66. The van der Waals surface area contributed by atoms with Crippen molar-refractivity contribution >= 4 is 5.69 Å². The van der Waals surface area contributed by atoms with Crippen LogP contribution >= 0.6 is 0 Å². The molecule has 0 spiro atoms. The smallest absolute Gasteiger partial charge is 0.0378 e. The van der Waals surface area contributed by atoms with Gasteiger partial charge in [0.25, 0.3) is 0 Å². The Morgan fingerprint density at radius 1 is 1.19 bits per heavy atom. The molecule has 0 aromatic heterocycles. The Hall–Kier alpha value is -1.02. The quantitative estimate of drug-likeness (QED) is 0.893. The Balaban J connectivity index is 1.55. The second-order valence-electron chi connectivity index (χ2n) is 7.20. The normalized spacial score (nSPS) is 34.7. The molecule has 1 N–H and O–H groups in total. The van der Waals surface area contributed by atoms with E-state index in [-0.39, 0.29) is 0 Å². The first-order chi connectivity index (χ1) is 10.4. The van der Waals surface area contributed by atoms with Gasteiger partial charge in [-0.3, -0.25) is 0 Å². The molecule has 4 unspecified atom stereocenters. The maximum atomic E-state index is 3.89. The Morgan fingerprint density at radius 3 is 3.00 bits per heavy atom. The molecule has 1 saturated heterocycles. The fraction of sp³-hybridized carbons (Fsp3) is 0.684. The van der Waals surface area contributed by atoms with E-state index in [1.54, 1.807) is 5.56 Å². The van der Waals surface area contributed by atoms with Gasteiger partial charge in [0.2, 0.25) is 0 Å². The molecule has 114 valence electrons. The van der Waals surface area contributed by atoms with Crippen LogP contribution in [0.2, 0.25) is 0 Å². The molecule has 2 aliphatic heterocycles. The number of hydrogen-bond acceptors (Lipinski definition) is 2. The molecule has 4 rings (SSSR count). The summed E-state index contributed by atoms with van der Waals surface area (Å²) in [5.41, 5.74) is 3.01. The highest BCUT2D eigenvalue weighted by molar-refractivity contribution is 5.60. The van der Waals surface area contributed by atoms with Crippen LogP contribution < -0.4 is 5.32 Å². The fourth-order valence-corrected chi connectivity index (χ4v) is 5.13. The molecular weight excluding hydrogens is 256 g/mol. The first-order valence-electron chi connectivity index (χ1n) is 8.98. The lowest BCUT2D eigenvalue weighted by molar-refractivity contribution is 0.0475. The number of unbranched alkanes of at least 4 members (excludes halogenated alkanes) is 1. The highest BCUT2D eigenvalue weighted by atomic mass is 15.2. The Bertz CT molecular complexity index is 498. The van der Waals surface area contributed by atoms with E-state index in [2.05, 4.69) is 41.4 Å². The summed E-state index contributed by atoms with van der Waals surface area (Å²) in [5.74, 6) is 1.63. The maximum Gasteiger partial charge on any atom is 0.0378 e. The largest absolute Gasteiger partial charge is 0.381 e. The van der Waals surface area contributed by atoms with Crippen LogP contribution in [0, 0.1) is 5.92 Å². The maximum absolute atomic E-state index is 3.89. The van der Waals surface area contributed by atoms with Crippen molar-refractivity contribution in [2.45, 2.75) is 63.5 Å². The summed E-state index contributed by atoms with van der Waals surface area (Å²) in [4.78, 5) is 2.82. The van der Waals surface area contributed by atoms with E-state index in [1.165, 1.54) is 57.3 Å².